The summed E-state index contributed by atoms with van der Waals surface area (Å²) >= 11 is 0. The molecule has 0 saturated carbocycles. The number of aromatic nitrogens is 1. The monoisotopic (exact) mass is 433 g/mol. The number of nitrogens with one attached hydrogen (secondary N) is 1. The van der Waals surface area contributed by atoms with E-state index < -0.39 is 0 Å². The normalized spacial score (nSPS) is 16.1. The van der Waals surface area contributed by atoms with E-state index in [9.17, 15) is 0 Å². The van der Waals surface area contributed by atoms with Crippen LogP contribution < -0.4 is 4.74 Å². The van der Waals surface area contributed by atoms with Crippen molar-refractivity contribution in [2.24, 2.45) is 5.41 Å². The third kappa shape index (κ3) is 7.14. The van der Waals surface area contributed by atoms with Crippen molar-refractivity contribution in [3.05, 3.63) is 65.9 Å². The molecule has 0 spiro atoms. The van der Waals surface area contributed by atoms with Crippen molar-refractivity contribution in [2.75, 3.05) is 20.2 Å². The number of aryl methyl sites for hydroxylation is 1. The smallest absolute Gasteiger partial charge is 0.124 e. The Morgan fingerprint density at radius 1 is 1.34 bits per heavy atom. The van der Waals surface area contributed by atoms with Gasteiger partial charge in [0.25, 0.3) is 0 Å². The van der Waals surface area contributed by atoms with Gasteiger partial charge >= 0.3 is 0 Å². The van der Waals surface area contributed by atoms with E-state index >= 15 is 0 Å². The highest BCUT2D eigenvalue weighted by molar-refractivity contribution is 5.88. The molecule has 0 unspecified atom stereocenters. The fourth-order valence-electron chi connectivity index (χ4n) is 4.19. The van der Waals surface area contributed by atoms with Gasteiger partial charge in [0, 0.05) is 35.6 Å². The maximum absolute atomic E-state index is 8.84. The molecule has 1 N–H and O–H groups in total. The molecule has 172 valence electrons. The van der Waals surface area contributed by atoms with Gasteiger partial charge in [0.15, 0.2) is 0 Å². The number of hydrogen-bond donors (Lipinski definition) is 1. The Bertz CT molecular complexity index is 982. The highest BCUT2D eigenvalue weighted by Gasteiger charge is 2.30. The molecule has 1 saturated heterocycles. The van der Waals surface area contributed by atoms with Crippen molar-refractivity contribution in [1.29, 1.82) is 5.26 Å². The SMILES string of the molecule is C=C(C)/C=C\C=C/C.COc1cc(C)c2[nH]ccc2c1CN1CCC(C)(CCC#N)CC1. The largest absolute Gasteiger partial charge is 0.496 e. The summed E-state index contributed by atoms with van der Waals surface area (Å²) < 4.78 is 5.66. The van der Waals surface area contributed by atoms with Crippen LogP contribution in [0.2, 0.25) is 0 Å². The summed E-state index contributed by atoms with van der Waals surface area (Å²) in [5.74, 6) is 0.984. The van der Waals surface area contributed by atoms with E-state index in [0.717, 1.165) is 37.4 Å². The first-order valence-corrected chi connectivity index (χ1v) is 11.5. The van der Waals surface area contributed by atoms with Gasteiger partial charge in [0.05, 0.1) is 13.2 Å². The predicted octanol–water partition coefficient (Wildman–Crippen LogP) is 7.09. The van der Waals surface area contributed by atoms with Gasteiger partial charge in [0.2, 0.25) is 0 Å². The van der Waals surface area contributed by atoms with E-state index in [2.05, 4.69) is 48.5 Å². The molecule has 0 bridgehead atoms. The lowest BCUT2D eigenvalue weighted by Gasteiger charge is -2.39. The summed E-state index contributed by atoms with van der Waals surface area (Å²) in [5, 5.41) is 10.1. The highest BCUT2D eigenvalue weighted by Crippen LogP contribution is 2.37. The average molecular weight is 434 g/mol. The Morgan fingerprint density at radius 3 is 2.66 bits per heavy atom. The molecule has 4 nitrogen and oxygen atoms in total. The van der Waals surface area contributed by atoms with Gasteiger partial charge in [-0.1, -0.05) is 43.4 Å². The van der Waals surface area contributed by atoms with Crippen molar-refractivity contribution >= 4 is 10.9 Å². The summed E-state index contributed by atoms with van der Waals surface area (Å²) in [6.45, 7) is 15.2. The number of ether oxygens (including phenoxy) is 1. The summed E-state index contributed by atoms with van der Waals surface area (Å²) in [6, 6.07) is 6.58. The van der Waals surface area contributed by atoms with E-state index in [-0.39, 0.29) is 0 Å². The van der Waals surface area contributed by atoms with Crippen LogP contribution in [-0.4, -0.2) is 30.1 Å². The number of piperidine rings is 1. The first-order chi connectivity index (χ1) is 15.3. The standard InChI is InChI=1S/C20H27N3O.C8H12/c1-15-13-18(24-3)17(16-5-10-22-19(15)16)14-23-11-7-20(2,8-12-23)6-4-9-21;1-4-5-6-7-8(2)3/h5,10,13,22H,4,6-8,11-12,14H2,1-3H3;4-7H,2H2,1,3H3/b;5-4-,7-6-. The number of allylic oxidation sites excluding steroid dienone is 5. The molecular formula is C28H39N3O. The molecule has 0 amide bonds. The molecule has 0 atom stereocenters. The van der Waals surface area contributed by atoms with Crippen molar-refractivity contribution in [2.45, 2.75) is 59.9 Å². The molecule has 1 aromatic heterocycles. The van der Waals surface area contributed by atoms with Crippen molar-refractivity contribution < 1.29 is 4.74 Å². The average Bonchev–Trinajstić information content (AvgIpc) is 3.27. The van der Waals surface area contributed by atoms with Crippen LogP contribution in [0.15, 0.2) is 54.8 Å². The van der Waals surface area contributed by atoms with Crippen LogP contribution in [0.5, 0.6) is 5.75 Å². The van der Waals surface area contributed by atoms with E-state index in [1.807, 2.05) is 44.3 Å². The molecule has 2 heterocycles. The molecule has 3 rings (SSSR count). The number of likely N-dealkylation sites (tertiary alicyclic amines) is 1. The zero-order valence-electron chi connectivity index (χ0n) is 20.5. The zero-order chi connectivity index (χ0) is 23.6. The number of fused-ring (bicyclic) bond motifs is 1. The van der Waals surface area contributed by atoms with Crippen molar-refractivity contribution in [3.63, 3.8) is 0 Å². The van der Waals surface area contributed by atoms with Crippen LogP contribution >= 0.6 is 0 Å². The van der Waals surface area contributed by atoms with Crippen LogP contribution in [0.25, 0.3) is 10.9 Å². The van der Waals surface area contributed by atoms with Crippen LogP contribution in [-0.2, 0) is 6.54 Å². The molecule has 0 radical (unpaired) electrons. The second-order valence-electron chi connectivity index (χ2n) is 9.12. The van der Waals surface area contributed by atoms with Crippen LogP contribution in [0, 0.1) is 23.7 Å². The van der Waals surface area contributed by atoms with Crippen LogP contribution in [0.3, 0.4) is 0 Å². The zero-order valence-corrected chi connectivity index (χ0v) is 20.5. The van der Waals surface area contributed by atoms with Crippen molar-refractivity contribution in [1.82, 2.24) is 9.88 Å². The molecule has 1 aliphatic heterocycles. The molecular weight excluding hydrogens is 394 g/mol. The van der Waals surface area contributed by atoms with E-state index in [4.69, 9.17) is 10.00 Å². The maximum Gasteiger partial charge on any atom is 0.124 e. The highest BCUT2D eigenvalue weighted by atomic mass is 16.5. The lowest BCUT2D eigenvalue weighted by Crippen LogP contribution is -2.38. The first kappa shape index (κ1) is 25.5. The second kappa shape index (κ2) is 12.3. The first-order valence-electron chi connectivity index (χ1n) is 11.5. The number of rotatable bonds is 7. The number of aromatic amines is 1. The number of nitriles is 1. The third-order valence-corrected chi connectivity index (χ3v) is 6.30. The Balaban J connectivity index is 0.000000390. The molecule has 1 aromatic carbocycles. The number of benzene rings is 1. The summed E-state index contributed by atoms with van der Waals surface area (Å²) in [6.07, 6.45) is 13.9. The molecule has 4 heteroatoms. The topological polar surface area (TPSA) is 52.0 Å². The minimum atomic E-state index is 0.326. The van der Waals surface area contributed by atoms with Gasteiger partial charge in [-0.3, -0.25) is 4.90 Å². The minimum absolute atomic E-state index is 0.326. The van der Waals surface area contributed by atoms with Gasteiger partial charge in [-0.15, -0.1) is 0 Å². The second-order valence-corrected chi connectivity index (χ2v) is 9.12. The van der Waals surface area contributed by atoms with Crippen LogP contribution in [0.4, 0.5) is 0 Å². The molecule has 32 heavy (non-hydrogen) atoms. The van der Waals surface area contributed by atoms with Crippen molar-refractivity contribution in [3.8, 4) is 11.8 Å². The van der Waals surface area contributed by atoms with E-state index in [1.54, 1.807) is 7.11 Å². The number of nitrogens with zero attached hydrogens (tertiary/aromatic N) is 2. The summed E-state index contributed by atoms with van der Waals surface area (Å²) in [7, 11) is 1.76. The number of H-pyrrole nitrogens is 1. The van der Waals surface area contributed by atoms with Gasteiger partial charge in [0.1, 0.15) is 5.75 Å². The Morgan fingerprint density at radius 2 is 2.06 bits per heavy atom. The Kier molecular flexibility index (Phi) is 9.81. The van der Waals surface area contributed by atoms with E-state index in [1.165, 1.54) is 34.9 Å². The fraction of sp³-hybridized carbons (Fsp3) is 0.464. The number of hydrogen-bond acceptors (Lipinski definition) is 3. The minimum Gasteiger partial charge on any atom is -0.496 e. The lowest BCUT2D eigenvalue weighted by molar-refractivity contribution is 0.106. The molecule has 1 aliphatic rings. The fourth-order valence-corrected chi connectivity index (χ4v) is 4.19. The third-order valence-electron chi connectivity index (χ3n) is 6.30. The molecule has 2 aromatic rings. The number of methoxy groups -OCH3 is 1. The van der Waals surface area contributed by atoms with Gasteiger partial charge in [-0.2, -0.15) is 5.26 Å². The predicted molar refractivity (Wildman–Crippen MR) is 136 cm³/mol. The van der Waals surface area contributed by atoms with Gasteiger partial charge in [-0.05, 0) is 76.2 Å². The summed E-state index contributed by atoms with van der Waals surface area (Å²) in [5.41, 5.74) is 5.12. The quantitative estimate of drug-likeness (QED) is 0.474. The molecule has 1 fully saturated rings. The lowest BCUT2D eigenvalue weighted by atomic mass is 9.77. The van der Waals surface area contributed by atoms with Gasteiger partial charge in [-0.25, -0.2) is 0 Å². The Labute approximate surface area is 194 Å². The molecule has 0 aliphatic carbocycles. The van der Waals surface area contributed by atoms with Gasteiger partial charge < -0.3 is 9.72 Å². The maximum atomic E-state index is 8.84. The summed E-state index contributed by atoms with van der Waals surface area (Å²) in [4.78, 5) is 5.87. The van der Waals surface area contributed by atoms with Crippen LogP contribution in [0.1, 0.15) is 57.6 Å². The van der Waals surface area contributed by atoms with E-state index in [0.29, 0.717) is 11.8 Å². The Hall–Kier alpha value is -2.77.